The third kappa shape index (κ3) is 2.37. The van der Waals surface area contributed by atoms with E-state index in [9.17, 15) is 0 Å². The summed E-state index contributed by atoms with van der Waals surface area (Å²) in [4.78, 5) is 0. The van der Waals surface area contributed by atoms with E-state index in [2.05, 4.69) is 51.2 Å². The van der Waals surface area contributed by atoms with Gasteiger partial charge in [-0.15, -0.1) is 0 Å². The van der Waals surface area contributed by atoms with E-state index in [1.807, 2.05) is 6.07 Å². The molecule has 0 saturated heterocycles. The molecular formula is C18H25NO. The van der Waals surface area contributed by atoms with Gasteiger partial charge < -0.3 is 9.73 Å². The molecule has 1 aliphatic rings. The van der Waals surface area contributed by atoms with Crippen LogP contribution in [0.5, 0.6) is 0 Å². The number of aryl methyl sites for hydroxylation is 1. The Bertz CT molecular complexity index is 611. The van der Waals surface area contributed by atoms with E-state index in [1.165, 1.54) is 17.4 Å². The van der Waals surface area contributed by atoms with Crippen LogP contribution in [0.3, 0.4) is 0 Å². The van der Waals surface area contributed by atoms with Crippen molar-refractivity contribution in [1.29, 1.82) is 0 Å². The van der Waals surface area contributed by atoms with Gasteiger partial charge >= 0.3 is 0 Å². The second kappa shape index (κ2) is 4.92. The van der Waals surface area contributed by atoms with Gasteiger partial charge in [0.1, 0.15) is 11.3 Å². The van der Waals surface area contributed by atoms with Crippen molar-refractivity contribution in [3.63, 3.8) is 0 Å². The average Bonchev–Trinajstić information content (AvgIpc) is 2.88. The Morgan fingerprint density at radius 1 is 1.35 bits per heavy atom. The maximum Gasteiger partial charge on any atom is 0.134 e. The fourth-order valence-corrected chi connectivity index (χ4v) is 3.17. The molecule has 3 rings (SSSR count). The Morgan fingerprint density at radius 2 is 2.05 bits per heavy atom. The third-order valence-corrected chi connectivity index (χ3v) is 4.86. The Hall–Kier alpha value is -1.28. The van der Waals surface area contributed by atoms with E-state index in [4.69, 9.17) is 4.42 Å². The fourth-order valence-electron chi connectivity index (χ4n) is 3.17. The first-order chi connectivity index (χ1) is 9.53. The molecule has 108 valence electrons. The molecule has 2 aromatic rings. The lowest BCUT2D eigenvalue weighted by molar-refractivity contribution is 0.423. The average molecular weight is 271 g/mol. The van der Waals surface area contributed by atoms with Crippen molar-refractivity contribution in [3.05, 3.63) is 35.6 Å². The second-order valence-electron chi connectivity index (χ2n) is 6.81. The Morgan fingerprint density at radius 3 is 2.70 bits per heavy atom. The molecule has 0 spiro atoms. The molecule has 1 saturated carbocycles. The molecule has 0 radical (unpaired) electrons. The van der Waals surface area contributed by atoms with Crippen molar-refractivity contribution in [2.45, 2.75) is 46.6 Å². The van der Waals surface area contributed by atoms with Gasteiger partial charge in [0.2, 0.25) is 0 Å². The van der Waals surface area contributed by atoms with Crippen LogP contribution in [-0.4, -0.2) is 6.54 Å². The lowest BCUT2D eigenvalue weighted by Gasteiger charge is -2.14. The lowest BCUT2D eigenvalue weighted by atomic mass is 10.0. The summed E-state index contributed by atoms with van der Waals surface area (Å²) in [5.41, 5.74) is 2.91. The summed E-state index contributed by atoms with van der Waals surface area (Å²) in [7, 11) is 0. The van der Waals surface area contributed by atoms with E-state index in [0.29, 0.717) is 5.41 Å². The topological polar surface area (TPSA) is 25.2 Å². The van der Waals surface area contributed by atoms with Crippen LogP contribution in [0.1, 0.15) is 51.5 Å². The molecule has 2 nitrogen and oxygen atoms in total. The lowest BCUT2D eigenvalue weighted by Crippen LogP contribution is -2.22. The zero-order valence-corrected chi connectivity index (χ0v) is 13.0. The van der Waals surface area contributed by atoms with Gasteiger partial charge in [-0.1, -0.05) is 39.0 Å². The zero-order chi connectivity index (χ0) is 14.3. The van der Waals surface area contributed by atoms with Gasteiger partial charge in [-0.25, -0.2) is 0 Å². The number of rotatable bonds is 5. The summed E-state index contributed by atoms with van der Waals surface area (Å²) in [6.07, 6.45) is 2.36. The Kier molecular flexibility index (Phi) is 3.37. The van der Waals surface area contributed by atoms with Crippen LogP contribution in [-0.2, 0) is 6.42 Å². The first-order valence-corrected chi connectivity index (χ1v) is 7.76. The second-order valence-corrected chi connectivity index (χ2v) is 6.81. The van der Waals surface area contributed by atoms with Crippen LogP contribution in [0.4, 0.5) is 0 Å². The predicted octanol–water partition coefficient (Wildman–Crippen LogP) is 4.69. The van der Waals surface area contributed by atoms with Crippen LogP contribution < -0.4 is 5.32 Å². The Labute approximate surface area is 121 Å². The molecule has 1 heterocycles. The van der Waals surface area contributed by atoms with Crippen LogP contribution >= 0.6 is 0 Å². The predicted molar refractivity (Wildman–Crippen MR) is 83.9 cm³/mol. The van der Waals surface area contributed by atoms with Gasteiger partial charge in [0.05, 0.1) is 6.04 Å². The quantitative estimate of drug-likeness (QED) is 0.853. The van der Waals surface area contributed by atoms with Crippen LogP contribution in [0, 0.1) is 11.3 Å². The highest BCUT2D eigenvalue weighted by molar-refractivity contribution is 5.82. The van der Waals surface area contributed by atoms with Crippen molar-refractivity contribution in [2.75, 3.05) is 6.54 Å². The van der Waals surface area contributed by atoms with Gasteiger partial charge in [-0.3, -0.25) is 0 Å². The van der Waals surface area contributed by atoms with E-state index in [0.717, 1.165) is 30.2 Å². The molecule has 1 aliphatic carbocycles. The highest BCUT2D eigenvalue weighted by Gasteiger charge is 2.45. The molecule has 0 aliphatic heterocycles. The highest BCUT2D eigenvalue weighted by atomic mass is 16.3. The third-order valence-electron chi connectivity index (χ3n) is 4.86. The maximum absolute atomic E-state index is 6.09. The van der Waals surface area contributed by atoms with E-state index in [-0.39, 0.29) is 6.04 Å². The summed E-state index contributed by atoms with van der Waals surface area (Å²) in [6.45, 7) is 10.2. The van der Waals surface area contributed by atoms with Crippen molar-refractivity contribution in [1.82, 2.24) is 5.32 Å². The van der Waals surface area contributed by atoms with Gasteiger partial charge in [0, 0.05) is 10.9 Å². The van der Waals surface area contributed by atoms with E-state index in [1.54, 1.807) is 0 Å². The normalized spacial score (nSPS) is 22.1. The summed E-state index contributed by atoms with van der Waals surface area (Å²) in [5.74, 6) is 1.94. The molecule has 1 aromatic heterocycles. The molecule has 1 N–H and O–H groups in total. The number of benzene rings is 1. The smallest absolute Gasteiger partial charge is 0.134 e. The van der Waals surface area contributed by atoms with Gasteiger partial charge in [-0.05, 0) is 43.7 Å². The minimum atomic E-state index is 0.286. The van der Waals surface area contributed by atoms with Crippen molar-refractivity contribution < 1.29 is 4.42 Å². The van der Waals surface area contributed by atoms with Gasteiger partial charge in [0.15, 0.2) is 0 Å². The Balaban J connectivity index is 1.78. The molecule has 0 amide bonds. The molecular weight excluding hydrogens is 246 g/mol. The van der Waals surface area contributed by atoms with Crippen LogP contribution in [0.2, 0.25) is 0 Å². The number of hydrogen-bond acceptors (Lipinski definition) is 2. The van der Waals surface area contributed by atoms with Crippen LogP contribution in [0.15, 0.2) is 28.7 Å². The van der Waals surface area contributed by atoms with E-state index >= 15 is 0 Å². The summed E-state index contributed by atoms with van der Waals surface area (Å²) >= 11 is 0. The summed E-state index contributed by atoms with van der Waals surface area (Å²) in [6, 6.07) is 8.65. The number of fused-ring (bicyclic) bond motifs is 1. The molecule has 2 heteroatoms. The number of hydrogen-bond donors (Lipinski definition) is 1. The largest absolute Gasteiger partial charge is 0.459 e. The minimum Gasteiger partial charge on any atom is -0.459 e. The van der Waals surface area contributed by atoms with Crippen molar-refractivity contribution >= 4 is 11.0 Å². The first-order valence-electron chi connectivity index (χ1n) is 7.76. The SMILES string of the molecule is CCc1c(C(C)NCC2CC2(C)C)oc2ccccc12. The zero-order valence-electron chi connectivity index (χ0n) is 13.0. The molecule has 1 fully saturated rings. The number of nitrogens with one attached hydrogen (secondary N) is 1. The standard InChI is InChI=1S/C18H25NO/c1-5-14-15-8-6-7-9-16(15)20-17(14)12(2)19-11-13-10-18(13,3)4/h6-9,12-13,19H,5,10-11H2,1-4H3. The number of para-hydroxylation sites is 1. The first kappa shape index (κ1) is 13.7. The van der Waals surface area contributed by atoms with Crippen molar-refractivity contribution in [2.24, 2.45) is 11.3 Å². The summed E-state index contributed by atoms with van der Waals surface area (Å²) < 4.78 is 6.09. The van der Waals surface area contributed by atoms with Crippen molar-refractivity contribution in [3.8, 4) is 0 Å². The van der Waals surface area contributed by atoms with E-state index < -0.39 is 0 Å². The minimum absolute atomic E-state index is 0.286. The number of furan rings is 1. The van der Waals surface area contributed by atoms with Crippen LogP contribution in [0.25, 0.3) is 11.0 Å². The molecule has 2 atom stereocenters. The maximum atomic E-state index is 6.09. The van der Waals surface area contributed by atoms with Gasteiger partial charge in [-0.2, -0.15) is 0 Å². The molecule has 1 aromatic carbocycles. The molecule has 0 bridgehead atoms. The summed E-state index contributed by atoms with van der Waals surface area (Å²) in [5, 5.41) is 4.93. The molecule has 20 heavy (non-hydrogen) atoms. The molecule has 2 unspecified atom stereocenters. The van der Waals surface area contributed by atoms with Gasteiger partial charge in [0.25, 0.3) is 0 Å². The highest BCUT2D eigenvalue weighted by Crippen LogP contribution is 2.51. The fraction of sp³-hybridized carbons (Fsp3) is 0.556. The monoisotopic (exact) mass is 271 g/mol.